The highest BCUT2D eigenvalue weighted by Crippen LogP contribution is 2.45. The molecule has 2 rings (SSSR count). The lowest BCUT2D eigenvalue weighted by molar-refractivity contribution is 0.00503. The predicted octanol–water partition coefficient (Wildman–Crippen LogP) is 2.70. The Balaban J connectivity index is 1.85. The van der Waals surface area contributed by atoms with Crippen LogP contribution in [0.25, 0.3) is 0 Å². The largest absolute Gasteiger partial charge is 0.389 e. The maximum absolute atomic E-state index is 9.88. The summed E-state index contributed by atoms with van der Waals surface area (Å²) in [5.41, 5.74) is 1.21. The molecule has 1 atom stereocenters. The SMILES string of the molecule is CC(C)OCC(O)CNC1(c2cccc(Cl)c2)CC1. The van der Waals surface area contributed by atoms with E-state index in [1.54, 1.807) is 0 Å². The third-order valence-electron chi connectivity index (χ3n) is 3.43. The molecule has 4 heteroatoms. The Morgan fingerprint density at radius 3 is 2.74 bits per heavy atom. The van der Waals surface area contributed by atoms with Crippen LogP contribution in [0.5, 0.6) is 0 Å². The first-order valence-corrected chi connectivity index (χ1v) is 7.20. The smallest absolute Gasteiger partial charge is 0.0898 e. The van der Waals surface area contributed by atoms with E-state index in [9.17, 15) is 5.11 Å². The summed E-state index contributed by atoms with van der Waals surface area (Å²) in [4.78, 5) is 0. The van der Waals surface area contributed by atoms with Crippen molar-refractivity contribution in [1.82, 2.24) is 5.32 Å². The van der Waals surface area contributed by atoms with E-state index < -0.39 is 6.10 Å². The van der Waals surface area contributed by atoms with Gasteiger partial charge < -0.3 is 15.2 Å². The molecule has 0 bridgehead atoms. The molecular weight excluding hydrogens is 262 g/mol. The predicted molar refractivity (Wildman–Crippen MR) is 77.5 cm³/mol. The summed E-state index contributed by atoms with van der Waals surface area (Å²) < 4.78 is 5.40. The summed E-state index contributed by atoms with van der Waals surface area (Å²) in [5.74, 6) is 0. The fourth-order valence-electron chi connectivity index (χ4n) is 2.15. The minimum absolute atomic E-state index is 0.00368. The second kappa shape index (κ2) is 6.23. The summed E-state index contributed by atoms with van der Waals surface area (Å²) in [7, 11) is 0. The number of halogens is 1. The van der Waals surface area contributed by atoms with Gasteiger partial charge in [-0.2, -0.15) is 0 Å². The summed E-state index contributed by atoms with van der Waals surface area (Å²) in [6.07, 6.45) is 1.85. The maximum atomic E-state index is 9.88. The molecule has 1 unspecified atom stereocenters. The third kappa shape index (κ3) is 4.18. The second-order valence-electron chi connectivity index (χ2n) is 5.51. The summed E-state index contributed by atoms with van der Waals surface area (Å²) in [6.45, 7) is 4.85. The minimum atomic E-state index is -0.473. The molecule has 19 heavy (non-hydrogen) atoms. The zero-order valence-corrected chi connectivity index (χ0v) is 12.3. The van der Waals surface area contributed by atoms with E-state index in [-0.39, 0.29) is 11.6 Å². The molecule has 0 radical (unpaired) electrons. The van der Waals surface area contributed by atoms with E-state index in [2.05, 4.69) is 11.4 Å². The van der Waals surface area contributed by atoms with E-state index in [1.807, 2.05) is 32.0 Å². The van der Waals surface area contributed by atoms with E-state index in [0.717, 1.165) is 17.9 Å². The van der Waals surface area contributed by atoms with Gasteiger partial charge in [0.15, 0.2) is 0 Å². The molecule has 0 saturated heterocycles. The van der Waals surface area contributed by atoms with Gasteiger partial charge in [-0.1, -0.05) is 23.7 Å². The van der Waals surface area contributed by atoms with E-state index in [4.69, 9.17) is 16.3 Å². The molecule has 0 aliphatic heterocycles. The average Bonchev–Trinajstić information content (AvgIpc) is 3.15. The Morgan fingerprint density at radius 1 is 1.42 bits per heavy atom. The van der Waals surface area contributed by atoms with Crippen LogP contribution >= 0.6 is 11.6 Å². The molecule has 1 aromatic carbocycles. The molecule has 1 fully saturated rings. The van der Waals surface area contributed by atoms with Crippen molar-refractivity contribution in [2.24, 2.45) is 0 Å². The van der Waals surface area contributed by atoms with Crippen LogP contribution in [-0.2, 0) is 10.3 Å². The number of benzene rings is 1. The fourth-order valence-corrected chi connectivity index (χ4v) is 2.34. The van der Waals surface area contributed by atoms with Crippen LogP contribution in [-0.4, -0.2) is 30.5 Å². The molecule has 0 heterocycles. The van der Waals surface area contributed by atoms with Crippen molar-refractivity contribution in [2.45, 2.75) is 44.4 Å². The monoisotopic (exact) mass is 283 g/mol. The summed E-state index contributed by atoms with van der Waals surface area (Å²) in [6, 6.07) is 7.94. The van der Waals surface area contributed by atoms with Crippen molar-refractivity contribution >= 4 is 11.6 Å². The highest BCUT2D eigenvalue weighted by molar-refractivity contribution is 6.30. The van der Waals surface area contributed by atoms with Gasteiger partial charge in [-0.05, 0) is 44.4 Å². The Hall–Kier alpha value is -0.610. The van der Waals surface area contributed by atoms with Gasteiger partial charge in [0.2, 0.25) is 0 Å². The number of nitrogens with one attached hydrogen (secondary N) is 1. The lowest BCUT2D eigenvalue weighted by atomic mass is 10.0. The fraction of sp³-hybridized carbons (Fsp3) is 0.600. The van der Waals surface area contributed by atoms with Gasteiger partial charge in [-0.15, -0.1) is 0 Å². The van der Waals surface area contributed by atoms with Gasteiger partial charge in [0, 0.05) is 17.1 Å². The van der Waals surface area contributed by atoms with Crippen molar-refractivity contribution < 1.29 is 9.84 Å². The molecule has 2 N–H and O–H groups in total. The molecule has 1 aromatic rings. The van der Waals surface area contributed by atoms with Crippen LogP contribution < -0.4 is 5.32 Å². The Labute approximate surface area is 119 Å². The normalized spacial score (nSPS) is 18.6. The standard InChI is InChI=1S/C15H22ClNO2/c1-11(2)19-10-14(18)9-17-15(6-7-15)12-4-3-5-13(16)8-12/h3-5,8,11,14,17-18H,6-7,9-10H2,1-2H3. The van der Waals surface area contributed by atoms with Crippen LogP contribution in [0.4, 0.5) is 0 Å². The number of aliphatic hydroxyl groups is 1. The van der Waals surface area contributed by atoms with Crippen molar-refractivity contribution in [3.05, 3.63) is 34.9 Å². The molecule has 0 aromatic heterocycles. The van der Waals surface area contributed by atoms with Crippen molar-refractivity contribution in [1.29, 1.82) is 0 Å². The van der Waals surface area contributed by atoms with Gasteiger partial charge in [-0.3, -0.25) is 0 Å². The quantitative estimate of drug-likeness (QED) is 0.808. The molecule has 1 aliphatic carbocycles. The van der Waals surface area contributed by atoms with E-state index in [1.165, 1.54) is 5.56 Å². The lowest BCUT2D eigenvalue weighted by Crippen LogP contribution is -2.38. The molecule has 106 valence electrons. The van der Waals surface area contributed by atoms with Crippen molar-refractivity contribution in [3.8, 4) is 0 Å². The Morgan fingerprint density at radius 2 is 2.16 bits per heavy atom. The number of ether oxygens (including phenoxy) is 1. The first kappa shape index (κ1) is 14.8. The number of hydrogen-bond donors (Lipinski definition) is 2. The highest BCUT2D eigenvalue weighted by atomic mass is 35.5. The Kier molecular flexibility index (Phi) is 4.85. The number of aliphatic hydroxyl groups excluding tert-OH is 1. The first-order chi connectivity index (χ1) is 9.02. The van der Waals surface area contributed by atoms with Crippen LogP contribution in [0, 0.1) is 0 Å². The molecule has 0 spiro atoms. The molecule has 1 aliphatic rings. The summed E-state index contributed by atoms with van der Waals surface area (Å²) >= 11 is 6.03. The van der Waals surface area contributed by atoms with Gasteiger partial charge in [0.25, 0.3) is 0 Å². The topological polar surface area (TPSA) is 41.5 Å². The van der Waals surface area contributed by atoms with Gasteiger partial charge in [0.1, 0.15) is 0 Å². The van der Waals surface area contributed by atoms with Gasteiger partial charge >= 0.3 is 0 Å². The molecule has 3 nitrogen and oxygen atoms in total. The molecule has 1 saturated carbocycles. The maximum Gasteiger partial charge on any atom is 0.0898 e. The average molecular weight is 284 g/mol. The Bertz CT molecular complexity index is 418. The van der Waals surface area contributed by atoms with Crippen LogP contribution in [0.2, 0.25) is 5.02 Å². The first-order valence-electron chi connectivity index (χ1n) is 6.82. The highest BCUT2D eigenvalue weighted by Gasteiger charge is 2.44. The molecule has 0 amide bonds. The van der Waals surface area contributed by atoms with E-state index in [0.29, 0.717) is 13.2 Å². The van der Waals surface area contributed by atoms with Crippen molar-refractivity contribution in [3.63, 3.8) is 0 Å². The van der Waals surface area contributed by atoms with Crippen LogP contribution in [0.3, 0.4) is 0 Å². The van der Waals surface area contributed by atoms with Crippen molar-refractivity contribution in [2.75, 3.05) is 13.2 Å². The minimum Gasteiger partial charge on any atom is -0.389 e. The number of hydrogen-bond acceptors (Lipinski definition) is 3. The van der Waals surface area contributed by atoms with Crippen LogP contribution in [0.15, 0.2) is 24.3 Å². The zero-order chi connectivity index (χ0) is 13.9. The third-order valence-corrected chi connectivity index (χ3v) is 3.66. The van der Waals surface area contributed by atoms with E-state index >= 15 is 0 Å². The number of rotatable bonds is 7. The lowest BCUT2D eigenvalue weighted by Gasteiger charge is -2.21. The zero-order valence-electron chi connectivity index (χ0n) is 11.5. The van der Waals surface area contributed by atoms with Gasteiger partial charge in [0.05, 0.1) is 18.8 Å². The molecular formula is C15H22ClNO2. The second-order valence-corrected chi connectivity index (χ2v) is 5.95. The van der Waals surface area contributed by atoms with Gasteiger partial charge in [-0.25, -0.2) is 0 Å². The van der Waals surface area contributed by atoms with Crippen LogP contribution in [0.1, 0.15) is 32.3 Å². The summed E-state index contributed by atoms with van der Waals surface area (Å²) in [5, 5.41) is 14.1.